The molecule has 0 atom stereocenters. The topological polar surface area (TPSA) is 67.8 Å². The number of phenols is 1. The Kier molecular flexibility index (Phi) is 6.71. The quantitative estimate of drug-likeness (QED) is 0.760. The molecule has 0 aliphatic rings. The number of hydrogen-bond acceptors (Lipinski definition) is 4. The van der Waals surface area contributed by atoms with Crippen molar-refractivity contribution in [2.75, 3.05) is 13.7 Å². The Morgan fingerprint density at radius 2 is 2.00 bits per heavy atom. The lowest BCUT2D eigenvalue weighted by molar-refractivity contribution is 0.140. The molecule has 0 bridgehead atoms. The van der Waals surface area contributed by atoms with Crippen molar-refractivity contribution in [1.82, 2.24) is 5.32 Å². The third-order valence-corrected chi connectivity index (χ3v) is 3.31. The molecule has 2 aromatic carbocycles. The first-order chi connectivity index (χ1) is 11.7. The van der Waals surface area contributed by atoms with Crippen LogP contribution in [0.3, 0.4) is 0 Å². The van der Waals surface area contributed by atoms with E-state index in [1.807, 2.05) is 42.5 Å². The smallest absolute Gasteiger partial charge is 0.407 e. The van der Waals surface area contributed by atoms with Gasteiger partial charge in [0.25, 0.3) is 0 Å². The van der Waals surface area contributed by atoms with Crippen LogP contribution in [0.25, 0.3) is 6.08 Å². The van der Waals surface area contributed by atoms with Crippen LogP contribution in [0.2, 0.25) is 0 Å². The largest absolute Gasteiger partial charge is 0.504 e. The van der Waals surface area contributed by atoms with Crippen molar-refractivity contribution in [2.45, 2.75) is 13.0 Å². The predicted octanol–water partition coefficient (Wildman–Crippen LogP) is 3.73. The molecule has 1 amide bonds. The fourth-order valence-electron chi connectivity index (χ4n) is 2.05. The van der Waals surface area contributed by atoms with Crippen LogP contribution in [0.5, 0.6) is 11.5 Å². The van der Waals surface area contributed by atoms with Crippen LogP contribution in [-0.4, -0.2) is 24.9 Å². The number of nitrogens with one attached hydrogen (secondary N) is 1. The van der Waals surface area contributed by atoms with E-state index in [0.717, 1.165) is 11.1 Å². The average molecular weight is 327 g/mol. The minimum atomic E-state index is -0.432. The highest BCUT2D eigenvalue weighted by Crippen LogP contribution is 2.26. The van der Waals surface area contributed by atoms with Crippen LogP contribution in [0.1, 0.15) is 17.5 Å². The molecule has 0 radical (unpaired) electrons. The fourth-order valence-corrected chi connectivity index (χ4v) is 2.05. The van der Waals surface area contributed by atoms with Crippen LogP contribution in [0.15, 0.2) is 54.6 Å². The van der Waals surface area contributed by atoms with Crippen LogP contribution in [0, 0.1) is 0 Å². The first-order valence-electron chi connectivity index (χ1n) is 7.67. The normalized spacial score (nSPS) is 10.5. The molecule has 0 aromatic heterocycles. The molecule has 2 rings (SSSR count). The molecule has 0 unspecified atom stereocenters. The molecule has 0 heterocycles. The van der Waals surface area contributed by atoms with E-state index in [0.29, 0.717) is 18.7 Å². The van der Waals surface area contributed by atoms with Gasteiger partial charge in [-0.25, -0.2) is 4.79 Å². The van der Waals surface area contributed by atoms with Gasteiger partial charge in [-0.2, -0.15) is 0 Å². The van der Waals surface area contributed by atoms with Crippen LogP contribution < -0.4 is 10.1 Å². The predicted molar refractivity (Wildman–Crippen MR) is 92.9 cm³/mol. The number of hydrogen-bond donors (Lipinski definition) is 2. The molecular weight excluding hydrogens is 306 g/mol. The second kappa shape index (κ2) is 9.25. The number of carbonyl (C=O) groups is 1. The number of carbonyl (C=O) groups excluding carboxylic acids is 1. The van der Waals surface area contributed by atoms with Gasteiger partial charge in [-0.1, -0.05) is 48.6 Å². The third kappa shape index (κ3) is 5.68. The van der Waals surface area contributed by atoms with Gasteiger partial charge in [0, 0.05) is 6.54 Å². The number of methoxy groups -OCH3 is 1. The SMILES string of the molecule is COc1cc(C=CCCNC(=O)OCc2ccccc2)ccc1O. The molecule has 126 valence electrons. The Morgan fingerprint density at radius 1 is 1.21 bits per heavy atom. The van der Waals surface area contributed by atoms with Crippen molar-refractivity contribution >= 4 is 12.2 Å². The zero-order valence-electron chi connectivity index (χ0n) is 13.6. The van der Waals surface area contributed by atoms with Gasteiger partial charge in [0.1, 0.15) is 6.61 Å². The van der Waals surface area contributed by atoms with Gasteiger partial charge >= 0.3 is 6.09 Å². The van der Waals surface area contributed by atoms with Crippen LogP contribution in [0.4, 0.5) is 4.79 Å². The Morgan fingerprint density at radius 3 is 2.75 bits per heavy atom. The minimum absolute atomic E-state index is 0.109. The van der Waals surface area contributed by atoms with Crippen molar-refractivity contribution < 1.29 is 19.4 Å². The Labute approximate surface area is 141 Å². The van der Waals surface area contributed by atoms with Crippen LogP contribution >= 0.6 is 0 Å². The molecule has 0 aliphatic heterocycles. The van der Waals surface area contributed by atoms with Gasteiger partial charge < -0.3 is 19.9 Å². The van der Waals surface area contributed by atoms with Crippen molar-refractivity contribution in [3.63, 3.8) is 0 Å². The standard InChI is InChI=1S/C19H21NO4/c1-23-18-13-15(10-11-17(18)21)7-5-6-12-20-19(22)24-14-16-8-3-2-4-9-16/h2-5,7-11,13,21H,6,12,14H2,1H3,(H,20,22). The molecule has 5 nitrogen and oxygen atoms in total. The molecule has 5 heteroatoms. The van der Waals surface area contributed by atoms with Crippen molar-refractivity contribution in [3.8, 4) is 11.5 Å². The van der Waals surface area contributed by atoms with E-state index < -0.39 is 6.09 Å². The summed E-state index contributed by atoms with van der Waals surface area (Å²) >= 11 is 0. The number of phenolic OH excluding ortho intramolecular Hbond substituents is 1. The zero-order chi connectivity index (χ0) is 17.2. The van der Waals surface area contributed by atoms with Crippen molar-refractivity contribution in [1.29, 1.82) is 0 Å². The molecule has 24 heavy (non-hydrogen) atoms. The summed E-state index contributed by atoms with van der Waals surface area (Å²) in [6, 6.07) is 14.6. The molecular formula is C19H21NO4. The fraction of sp³-hybridized carbons (Fsp3) is 0.211. The molecule has 0 fully saturated rings. The monoisotopic (exact) mass is 327 g/mol. The second-order valence-electron chi connectivity index (χ2n) is 5.11. The summed E-state index contributed by atoms with van der Waals surface area (Å²) in [6.45, 7) is 0.745. The summed E-state index contributed by atoms with van der Waals surface area (Å²) in [6.07, 6.45) is 4.07. The van der Waals surface area contributed by atoms with E-state index in [9.17, 15) is 9.90 Å². The van der Waals surface area contributed by atoms with E-state index in [4.69, 9.17) is 9.47 Å². The lowest BCUT2D eigenvalue weighted by atomic mass is 10.2. The van der Waals surface area contributed by atoms with E-state index in [-0.39, 0.29) is 12.4 Å². The van der Waals surface area contributed by atoms with E-state index in [1.54, 1.807) is 18.2 Å². The number of benzene rings is 2. The van der Waals surface area contributed by atoms with Gasteiger partial charge in [0.2, 0.25) is 0 Å². The summed E-state index contributed by atoms with van der Waals surface area (Å²) < 4.78 is 10.2. The number of rotatable bonds is 7. The number of aromatic hydroxyl groups is 1. The maximum atomic E-state index is 11.6. The maximum Gasteiger partial charge on any atom is 0.407 e. The molecule has 2 N–H and O–H groups in total. The first-order valence-corrected chi connectivity index (χ1v) is 7.67. The minimum Gasteiger partial charge on any atom is -0.504 e. The third-order valence-electron chi connectivity index (χ3n) is 3.31. The molecule has 0 saturated carbocycles. The maximum absolute atomic E-state index is 11.6. The second-order valence-corrected chi connectivity index (χ2v) is 5.11. The van der Waals surface area contributed by atoms with Gasteiger partial charge in [-0.15, -0.1) is 0 Å². The Balaban J connectivity index is 1.67. The summed E-state index contributed by atoms with van der Waals surface area (Å²) in [5, 5.41) is 12.2. The van der Waals surface area contributed by atoms with E-state index in [2.05, 4.69) is 5.32 Å². The van der Waals surface area contributed by atoms with E-state index >= 15 is 0 Å². The highest BCUT2D eigenvalue weighted by Gasteiger charge is 2.01. The van der Waals surface area contributed by atoms with Gasteiger partial charge in [-0.05, 0) is 29.7 Å². The van der Waals surface area contributed by atoms with Gasteiger partial charge in [0.15, 0.2) is 11.5 Å². The number of alkyl carbamates (subject to hydrolysis) is 1. The Hall–Kier alpha value is -2.95. The summed E-state index contributed by atoms with van der Waals surface area (Å²) in [4.78, 5) is 11.6. The summed E-state index contributed by atoms with van der Waals surface area (Å²) in [5.74, 6) is 0.539. The van der Waals surface area contributed by atoms with E-state index in [1.165, 1.54) is 7.11 Å². The molecule has 0 spiro atoms. The van der Waals surface area contributed by atoms with Crippen LogP contribution in [-0.2, 0) is 11.3 Å². The van der Waals surface area contributed by atoms with Gasteiger partial charge in [0.05, 0.1) is 7.11 Å². The number of ether oxygens (including phenoxy) is 2. The van der Waals surface area contributed by atoms with Gasteiger partial charge in [-0.3, -0.25) is 0 Å². The first kappa shape index (κ1) is 17.4. The molecule has 2 aromatic rings. The summed E-state index contributed by atoms with van der Waals surface area (Å²) in [7, 11) is 1.51. The molecule has 0 saturated heterocycles. The zero-order valence-corrected chi connectivity index (χ0v) is 13.6. The number of amides is 1. The Bertz CT molecular complexity index is 683. The van der Waals surface area contributed by atoms with Crippen molar-refractivity contribution in [3.05, 3.63) is 65.7 Å². The highest BCUT2D eigenvalue weighted by atomic mass is 16.5. The molecule has 0 aliphatic carbocycles. The lowest BCUT2D eigenvalue weighted by Crippen LogP contribution is -2.24. The average Bonchev–Trinajstić information content (AvgIpc) is 2.62. The lowest BCUT2D eigenvalue weighted by Gasteiger charge is -2.06. The highest BCUT2D eigenvalue weighted by molar-refractivity contribution is 5.67. The van der Waals surface area contributed by atoms with Crippen molar-refractivity contribution in [2.24, 2.45) is 0 Å². The summed E-state index contributed by atoms with van der Waals surface area (Å²) in [5.41, 5.74) is 1.87.